The van der Waals surface area contributed by atoms with Gasteiger partial charge in [0.25, 0.3) is 0 Å². The molecule has 4 nitrogen and oxygen atoms in total. The fourth-order valence-corrected chi connectivity index (χ4v) is 2.14. The van der Waals surface area contributed by atoms with Gasteiger partial charge in [0.1, 0.15) is 6.54 Å². The fraction of sp³-hybridized carbons (Fsp3) is 0.727. The lowest BCUT2D eigenvalue weighted by atomic mass is 10.3. The quantitative estimate of drug-likeness (QED) is 0.903. The Labute approximate surface area is 104 Å². The summed E-state index contributed by atoms with van der Waals surface area (Å²) < 4.78 is 39.3. The highest BCUT2D eigenvalue weighted by molar-refractivity contribution is 5.67. The van der Waals surface area contributed by atoms with Gasteiger partial charge in [-0.3, -0.25) is 4.68 Å². The van der Waals surface area contributed by atoms with Crippen LogP contribution in [0.25, 0.3) is 0 Å². The third kappa shape index (κ3) is 2.54. The van der Waals surface area contributed by atoms with Crippen LogP contribution in [0.4, 0.5) is 24.7 Å². The molecule has 1 aromatic heterocycles. The molecule has 18 heavy (non-hydrogen) atoms. The van der Waals surface area contributed by atoms with Gasteiger partial charge in [-0.1, -0.05) is 6.92 Å². The summed E-state index contributed by atoms with van der Waals surface area (Å²) >= 11 is 0. The van der Waals surface area contributed by atoms with Gasteiger partial charge in [-0.15, -0.1) is 0 Å². The van der Waals surface area contributed by atoms with E-state index >= 15 is 0 Å². The first-order valence-electron chi connectivity index (χ1n) is 5.98. The molecule has 102 valence electrons. The third-order valence-electron chi connectivity index (χ3n) is 3.07. The standard InChI is InChI=1S/C11H17F3N4/c1-3-8-9(15)10(17(2)16-8)18(7-4-5-7)6-11(12,13)14/h7H,3-6,15H2,1-2H3. The first kappa shape index (κ1) is 13.0. The van der Waals surface area contributed by atoms with Crippen LogP contribution in [-0.2, 0) is 13.5 Å². The monoisotopic (exact) mass is 262 g/mol. The number of halogens is 3. The van der Waals surface area contributed by atoms with Crippen molar-refractivity contribution in [3.63, 3.8) is 0 Å². The first-order chi connectivity index (χ1) is 8.33. The van der Waals surface area contributed by atoms with Gasteiger partial charge in [0.2, 0.25) is 0 Å². The largest absolute Gasteiger partial charge is 0.405 e. The maximum Gasteiger partial charge on any atom is 0.405 e. The molecule has 0 amide bonds. The number of aromatic nitrogens is 2. The van der Waals surface area contributed by atoms with E-state index in [1.807, 2.05) is 6.92 Å². The van der Waals surface area contributed by atoms with Crippen molar-refractivity contribution in [2.45, 2.75) is 38.4 Å². The van der Waals surface area contributed by atoms with Crippen molar-refractivity contribution in [1.29, 1.82) is 0 Å². The smallest absolute Gasteiger partial charge is 0.394 e. The lowest BCUT2D eigenvalue weighted by Gasteiger charge is -2.26. The Balaban J connectivity index is 2.33. The van der Waals surface area contributed by atoms with E-state index in [0.29, 0.717) is 23.6 Å². The van der Waals surface area contributed by atoms with E-state index in [1.54, 1.807) is 7.05 Å². The summed E-state index contributed by atoms with van der Waals surface area (Å²) in [5, 5.41) is 4.17. The zero-order valence-electron chi connectivity index (χ0n) is 10.5. The van der Waals surface area contributed by atoms with Gasteiger partial charge in [-0.05, 0) is 19.3 Å². The molecule has 0 spiro atoms. The molecule has 0 radical (unpaired) electrons. The zero-order valence-corrected chi connectivity index (χ0v) is 10.5. The highest BCUT2D eigenvalue weighted by Crippen LogP contribution is 2.37. The molecule has 0 aliphatic heterocycles. The molecular formula is C11H17F3N4. The molecule has 0 aromatic carbocycles. The highest BCUT2D eigenvalue weighted by Gasteiger charge is 2.40. The second kappa shape index (κ2) is 4.37. The van der Waals surface area contributed by atoms with Crippen molar-refractivity contribution < 1.29 is 13.2 Å². The molecule has 1 aliphatic rings. The number of nitrogens with zero attached hydrogens (tertiary/aromatic N) is 3. The van der Waals surface area contributed by atoms with Gasteiger partial charge < -0.3 is 10.6 Å². The number of hydrogen-bond acceptors (Lipinski definition) is 3. The van der Waals surface area contributed by atoms with Gasteiger partial charge >= 0.3 is 6.18 Å². The van der Waals surface area contributed by atoms with Gasteiger partial charge in [0, 0.05) is 13.1 Å². The van der Waals surface area contributed by atoms with Gasteiger partial charge in [-0.25, -0.2) is 0 Å². The molecule has 1 aliphatic carbocycles. The number of nitrogen functional groups attached to an aromatic ring is 1. The molecule has 1 aromatic rings. The average Bonchev–Trinajstić information content (AvgIpc) is 3.02. The molecule has 0 saturated heterocycles. The Morgan fingerprint density at radius 2 is 2.06 bits per heavy atom. The van der Waals surface area contributed by atoms with Crippen molar-refractivity contribution in [2.75, 3.05) is 17.2 Å². The average molecular weight is 262 g/mol. The second-order valence-corrected chi connectivity index (χ2v) is 4.64. The maximum atomic E-state index is 12.6. The Hall–Kier alpha value is -1.40. The predicted octanol–water partition coefficient (Wildman–Crippen LogP) is 2.10. The number of aryl methyl sites for hydroxylation is 2. The molecule has 1 saturated carbocycles. The molecule has 1 heterocycles. The summed E-state index contributed by atoms with van der Waals surface area (Å²) in [5.41, 5.74) is 6.93. The molecular weight excluding hydrogens is 245 g/mol. The minimum absolute atomic E-state index is 0.0611. The summed E-state index contributed by atoms with van der Waals surface area (Å²) in [7, 11) is 1.64. The van der Waals surface area contributed by atoms with E-state index in [0.717, 1.165) is 12.8 Å². The van der Waals surface area contributed by atoms with Crippen LogP contribution in [0.2, 0.25) is 0 Å². The lowest BCUT2D eigenvalue weighted by Crippen LogP contribution is -2.37. The van der Waals surface area contributed by atoms with Crippen molar-refractivity contribution in [1.82, 2.24) is 9.78 Å². The van der Waals surface area contributed by atoms with Crippen LogP contribution < -0.4 is 10.6 Å². The number of rotatable bonds is 4. The van der Waals surface area contributed by atoms with Gasteiger partial charge in [0.15, 0.2) is 5.82 Å². The van der Waals surface area contributed by atoms with E-state index in [2.05, 4.69) is 5.10 Å². The third-order valence-corrected chi connectivity index (χ3v) is 3.07. The van der Waals surface area contributed by atoms with Crippen LogP contribution in [0.15, 0.2) is 0 Å². The van der Waals surface area contributed by atoms with Crippen molar-refractivity contribution in [3.8, 4) is 0 Å². The van der Waals surface area contributed by atoms with Crippen LogP contribution in [0.5, 0.6) is 0 Å². The number of alkyl halides is 3. The number of nitrogens with two attached hydrogens (primary N) is 1. The van der Waals surface area contributed by atoms with Crippen molar-refractivity contribution >= 4 is 11.5 Å². The van der Waals surface area contributed by atoms with Crippen LogP contribution in [0, 0.1) is 0 Å². The molecule has 7 heteroatoms. The minimum atomic E-state index is -4.23. The summed E-state index contributed by atoms with van der Waals surface area (Å²) in [6.45, 7) is 0.915. The molecule has 0 bridgehead atoms. The summed E-state index contributed by atoms with van der Waals surface area (Å²) in [6.07, 6.45) is -2.06. The zero-order chi connectivity index (χ0) is 13.5. The molecule has 1 fully saturated rings. The first-order valence-corrected chi connectivity index (χ1v) is 5.98. The Kier molecular flexibility index (Phi) is 3.16. The predicted molar refractivity (Wildman–Crippen MR) is 63.4 cm³/mol. The van der Waals surface area contributed by atoms with Gasteiger partial charge in [0.05, 0.1) is 11.4 Å². The molecule has 2 N–H and O–H groups in total. The van der Waals surface area contributed by atoms with Crippen LogP contribution in [0.1, 0.15) is 25.5 Å². The van der Waals surface area contributed by atoms with E-state index in [9.17, 15) is 13.2 Å². The fourth-order valence-electron chi connectivity index (χ4n) is 2.14. The Bertz CT molecular complexity index is 434. The van der Waals surface area contributed by atoms with Crippen LogP contribution in [0.3, 0.4) is 0 Å². The molecule has 2 rings (SSSR count). The van der Waals surface area contributed by atoms with Crippen molar-refractivity contribution in [2.24, 2.45) is 7.05 Å². The van der Waals surface area contributed by atoms with Gasteiger partial charge in [-0.2, -0.15) is 18.3 Å². The van der Waals surface area contributed by atoms with E-state index in [1.165, 1.54) is 9.58 Å². The Morgan fingerprint density at radius 1 is 1.44 bits per heavy atom. The van der Waals surface area contributed by atoms with Crippen LogP contribution in [-0.4, -0.2) is 28.5 Å². The van der Waals surface area contributed by atoms with Crippen molar-refractivity contribution in [3.05, 3.63) is 5.69 Å². The lowest BCUT2D eigenvalue weighted by molar-refractivity contribution is -0.120. The number of hydrogen-bond donors (Lipinski definition) is 1. The summed E-state index contributed by atoms with van der Waals surface area (Å²) in [6, 6.07) is -0.0611. The highest BCUT2D eigenvalue weighted by atomic mass is 19.4. The maximum absolute atomic E-state index is 12.6. The van der Waals surface area contributed by atoms with Crippen LogP contribution >= 0.6 is 0 Å². The molecule has 0 unspecified atom stereocenters. The second-order valence-electron chi connectivity index (χ2n) is 4.64. The van der Waals surface area contributed by atoms with E-state index < -0.39 is 12.7 Å². The Morgan fingerprint density at radius 3 is 2.44 bits per heavy atom. The number of anilines is 2. The summed E-state index contributed by atoms with van der Waals surface area (Å²) in [4.78, 5) is 1.33. The minimum Gasteiger partial charge on any atom is -0.394 e. The SMILES string of the molecule is CCc1nn(C)c(N(CC(F)(F)F)C2CC2)c1N. The van der Waals surface area contributed by atoms with E-state index in [-0.39, 0.29) is 6.04 Å². The summed E-state index contributed by atoms with van der Waals surface area (Å²) in [5.74, 6) is 0.395. The normalized spacial score (nSPS) is 16.1. The molecule has 0 atom stereocenters. The topological polar surface area (TPSA) is 47.1 Å². The van der Waals surface area contributed by atoms with E-state index in [4.69, 9.17) is 5.73 Å².